The zero-order valence-corrected chi connectivity index (χ0v) is 21.8. The van der Waals surface area contributed by atoms with Crippen molar-refractivity contribution in [3.05, 3.63) is 107 Å². The van der Waals surface area contributed by atoms with Gasteiger partial charge in [-0.25, -0.2) is 14.8 Å². The van der Waals surface area contributed by atoms with E-state index < -0.39 is 5.97 Å². The lowest BCUT2D eigenvalue weighted by atomic mass is 10.00. The van der Waals surface area contributed by atoms with E-state index in [-0.39, 0.29) is 5.88 Å². The number of fused-ring (bicyclic) bond motifs is 1. The number of benzene rings is 2. The maximum absolute atomic E-state index is 12.0. The SMILES string of the molecule is COC(=O)c1ccc2c(C(=Nc3ccc(-n4c(C)ccc4CN(C)C)nc3)c3ccccc3)c(O)[nH]c2c1. The van der Waals surface area contributed by atoms with Crippen LogP contribution in [0.4, 0.5) is 5.69 Å². The zero-order chi connectivity index (χ0) is 26.8. The lowest BCUT2D eigenvalue weighted by molar-refractivity contribution is 0.0601. The van der Waals surface area contributed by atoms with Gasteiger partial charge in [-0.05, 0) is 57.4 Å². The fourth-order valence-electron chi connectivity index (χ4n) is 4.60. The average Bonchev–Trinajstić information content (AvgIpc) is 3.44. The molecule has 2 aromatic carbocycles. The molecule has 0 bridgehead atoms. The van der Waals surface area contributed by atoms with Crippen LogP contribution >= 0.6 is 0 Å². The van der Waals surface area contributed by atoms with E-state index in [1.807, 2.05) is 56.6 Å². The smallest absolute Gasteiger partial charge is 0.337 e. The summed E-state index contributed by atoms with van der Waals surface area (Å²) in [6.07, 6.45) is 1.73. The molecule has 3 heterocycles. The van der Waals surface area contributed by atoms with Crippen molar-refractivity contribution < 1.29 is 14.6 Å². The van der Waals surface area contributed by atoms with Crippen molar-refractivity contribution in [3.8, 4) is 11.7 Å². The molecule has 0 fully saturated rings. The van der Waals surface area contributed by atoms with Gasteiger partial charge in [0.2, 0.25) is 0 Å². The molecule has 192 valence electrons. The highest BCUT2D eigenvalue weighted by atomic mass is 16.5. The second kappa shape index (κ2) is 10.4. The van der Waals surface area contributed by atoms with E-state index in [0.717, 1.165) is 34.7 Å². The van der Waals surface area contributed by atoms with E-state index in [1.165, 1.54) is 7.11 Å². The number of hydrogen-bond acceptors (Lipinski definition) is 6. The molecule has 38 heavy (non-hydrogen) atoms. The van der Waals surface area contributed by atoms with Gasteiger partial charge in [-0.15, -0.1) is 0 Å². The highest BCUT2D eigenvalue weighted by molar-refractivity contribution is 6.22. The van der Waals surface area contributed by atoms with Gasteiger partial charge in [-0.2, -0.15) is 0 Å². The summed E-state index contributed by atoms with van der Waals surface area (Å²) < 4.78 is 6.97. The van der Waals surface area contributed by atoms with Gasteiger partial charge in [0.05, 0.1) is 35.8 Å². The summed E-state index contributed by atoms with van der Waals surface area (Å²) in [6.45, 7) is 2.86. The van der Waals surface area contributed by atoms with Gasteiger partial charge in [0.1, 0.15) is 5.82 Å². The Balaban J connectivity index is 1.60. The summed E-state index contributed by atoms with van der Waals surface area (Å²) in [4.78, 5) is 26.8. The van der Waals surface area contributed by atoms with E-state index >= 15 is 0 Å². The number of pyridine rings is 1. The molecule has 0 radical (unpaired) electrons. The van der Waals surface area contributed by atoms with Crippen molar-refractivity contribution in [1.29, 1.82) is 0 Å². The minimum atomic E-state index is -0.447. The van der Waals surface area contributed by atoms with E-state index in [4.69, 9.17) is 14.7 Å². The van der Waals surface area contributed by atoms with Crippen LogP contribution in [0.3, 0.4) is 0 Å². The van der Waals surface area contributed by atoms with E-state index in [2.05, 4.69) is 33.5 Å². The number of aliphatic imine (C=N–C) groups is 1. The van der Waals surface area contributed by atoms with Gasteiger partial charge in [0.25, 0.3) is 0 Å². The summed E-state index contributed by atoms with van der Waals surface area (Å²) in [5.74, 6) is 0.331. The van der Waals surface area contributed by atoms with Crippen molar-refractivity contribution >= 4 is 28.3 Å². The largest absolute Gasteiger partial charge is 0.494 e. The number of carbonyl (C=O) groups is 1. The van der Waals surface area contributed by atoms with Gasteiger partial charge in [-0.3, -0.25) is 0 Å². The number of nitrogens with zero attached hydrogens (tertiary/aromatic N) is 4. The van der Waals surface area contributed by atoms with Gasteiger partial charge in [-0.1, -0.05) is 36.4 Å². The van der Waals surface area contributed by atoms with Crippen LogP contribution in [-0.2, 0) is 11.3 Å². The topological polar surface area (TPSA) is 95.7 Å². The molecule has 0 aliphatic rings. The van der Waals surface area contributed by atoms with Crippen LogP contribution in [-0.4, -0.2) is 57.4 Å². The van der Waals surface area contributed by atoms with Crippen molar-refractivity contribution in [2.45, 2.75) is 13.5 Å². The minimum Gasteiger partial charge on any atom is -0.494 e. The Hall–Kier alpha value is -4.69. The molecular weight excluding hydrogens is 478 g/mol. The molecule has 5 aromatic rings. The van der Waals surface area contributed by atoms with Crippen LogP contribution in [0.25, 0.3) is 16.7 Å². The maximum Gasteiger partial charge on any atom is 0.337 e. The number of methoxy groups -OCH3 is 1. The van der Waals surface area contributed by atoms with Gasteiger partial charge in [0.15, 0.2) is 5.88 Å². The summed E-state index contributed by atoms with van der Waals surface area (Å²) in [5, 5.41) is 11.7. The molecule has 0 atom stereocenters. The molecule has 0 spiro atoms. The lowest BCUT2D eigenvalue weighted by Crippen LogP contribution is -2.14. The van der Waals surface area contributed by atoms with Crippen LogP contribution in [0.5, 0.6) is 5.88 Å². The normalized spacial score (nSPS) is 11.9. The molecule has 8 heteroatoms. The van der Waals surface area contributed by atoms with Crippen LogP contribution in [0.15, 0.2) is 84.0 Å². The lowest BCUT2D eigenvalue weighted by Gasteiger charge is -2.14. The van der Waals surface area contributed by atoms with Gasteiger partial charge < -0.3 is 24.3 Å². The molecule has 8 nitrogen and oxygen atoms in total. The number of aromatic hydroxyl groups is 1. The predicted molar refractivity (Wildman–Crippen MR) is 149 cm³/mol. The van der Waals surface area contributed by atoms with E-state index in [9.17, 15) is 9.90 Å². The maximum atomic E-state index is 12.0. The molecule has 0 saturated heterocycles. The number of nitrogens with one attached hydrogen (secondary N) is 1. The molecule has 0 aliphatic heterocycles. The van der Waals surface area contributed by atoms with Gasteiger partial charge in [0, 0.05) is 34.4 Å². The summed E-state index contributed by atoms with van der Waals surface area (Å²) in [6, 6.07) is 22.9. The second-order valence-corrected chi connectivity index (χ2v) is 9.34. The van der Waals surface area contributed by atoms with E-state index in [0.29, 0.717) is 28.0 Å². The number of carbonyl (C=O) groups excluding carboxylic acids is 1. The highest BCUT2D eigenvalue weighted by Crippen LogP contribution is 2.32. The number of rotatable bonds is 7. The molecule has 0 aliphatic carbocycles. The number of H-pyrrole nitrogens is 1. The number of hydrogen-bond donors (Lipinski definition) is 2. The Bertz CT molecular complexity index is 1630. The molecule has 0 saturated carbocycles. The third-order valence-electron chi connectivity index (χ3n) is 6.32. The molecule has 3 aromatic heterocycles. The highest BCUT2D eigenvalue weighted by Gasteiger charge is 2.20. The minimum absolute atomic E-state index is 0.0366. The molecule has 2 N–H and O–H groups in total. The first-order valence-corrected chi connectivity index (χ1v) is 12.2. The summed E-state index contributed by atoms with van der Waals surface area (Å²) >= 11 is 0. The van der Waals surface area contributed by atoms with Crippen LogP contribution < -0.4 is 0 Å². The zero-order valence-electron chi connectivity index (χ0n) is 21.8. The first kappa shape index (κ1) is 25.0. The number of esters is 1. The fourth-order valence-corrected chi connectivity index (χ4v) is 4.60. The Labute approximate surface area is 220 Å². The quantitative estimate of drug-likeness (QED) is 0.228. The summed E-state index contributed by atoms with van der Waals surface area (Å²) in [5.41, 5.74) is 5.85. The molecule has 5 rings (SSSR count). The van der Waals surface area contributed by atoms with E-state index in [1.54, 1.807) is 24.4 Å². The van der Waals surface area contributed by atoms with Crippen molar-refractivity contribution in [2.24, 2.45) is 4.99 Å². The van der Waals surface area contributed by atoms with Gasteiger partial charge >= 0.3 is 5.97 Å². The Kier molecular flexibility index (Phi) is 6.81. The Morgan fingerprint density at radius 1 is 1.05 bits per heavy atom. The first-order valence-electron chi connectivity index (χ1n) is 12.2. The second-order valence-electron chi connectivity index (χ2n) is 9.34. The average molecular weight is 508 g/mol. The molecular formula is C30H29N5O3. The standard InChI is InChI=1S/C30H29N5O3/c1-19-10-13-23(18-34(2)3)35(19)26-15-12-22(17-31-26)32-28(20-8-6-5-7-9-20)27-24-14-11-21(30(37)38-4)16-25(24)33-29(27)36/h5-17,33,36H,18H2,1-4H3. The fraction of sp³-hybridized carbons (Fsp3) is 0.167. The first-order chi connectivity index (χ1) is 18.4. The predicted octanol–water partition coefficient (Wildman–Crippen LogP) is 5.38. The van der Waals surface area contributed by atoms with Crippen molar-refractivity contribution in [1.82, 2.24) is 19.4 Å². The number of aromatic amines is 1. The van der Waals surface area contributed by atoms with Crippen molar-refractivity contribution in [2.75, 3.05) is 21.2 Å². The van der Waals surface area contributed by atoms with Crippen molar-refractivity contribution in [3.63, 3.8) is 0 Å². The Morgan fingerprint density at radius 3 is 2.53 bits per heavy atom. The third-order valence-corrected chi connectivity index (χ3v) is 6.32. The van der Waals surface area contributed by atoms with Crippen LogP contribution in [0.1, 0.15) is 32.9 Å². The monoisotopic (exact) mass is 507 g/mol. The Morgan fingerprint density at radius 2 is 1.84 bits per heavy atom. The number of aryl methyl sites for hydroxylation is 1. The summed E-state index contributed by atoms with van der Waals surface area (Å²) in [7, 11) is 5.42. The third kappa shape index (κ3) is 4.81. The van der Waals surface area contributed by atoms with Crippen LogP contribution in [0.2, 0.25) is 0 Å². The number of aromatic nitrogens is 3. The number of ether oxygens (including phenoxy) is 1. The molecule has 0 amide bonds. The van der Waals surface area contributed by atoms with Crippen LogP contribution in [0, 0.1) is 6.92 Å². The molecule has 0 unspecified atom stereocenters.